The van der Waals surface area contributed by atoms with E-state index in [1.54, 1.807) is 18.2 Å². The van der Waals surface area contributed by atoms with E-state index >= 15 is 0 Å². The third-order valence-corrected chi connectivity index (χ3v) is 3.98. The van der Waals surface area contributed by atoms with Crippen LogP contribution in [-0.2, 0) is 9.53 Å². The van der Waals surface area contributed by atoms with Crippen molar-refractivity contribution in [3.8, 4) is 0 Å². The largest absolute Gasteiger partial charge is 0.376 e. The highest BCUT2D eigenvalue weighted by atomic mass is 16.5. The summed E-state index contributed by atoms with van der Waals surface area (Å²) in [7, 11) is 0. The summed E-state index contributed by atoms with van der Waals surface area (Å²) in [5.41, 5.74) is 1.64. The first-order valence-electron chi connectivity index (χ1n) is 7.41. The number of fused-ring (bicyclic) bond motifs is 1. The molecule has 1 atom stereocenters. The van der Waals surface area contributed by atoms with E-state index in [1.807, 2.05) is 6.92 Å². The van der Waals surface area contributed by atoms with Crippen molar-refractivity contribution >= 4 is 17.7 Å². The average Bonchev–Trinajstić information content (AvgIpc) is 3.09. The standard InChI is InChI=1S/C16H18N2O4/c1-10-4-5-12-13(7-10)16(21)18(15(12)20)9-14(19)17-8-11-3-2-6-22-11/h4-5,7,11H,2-3,6,8-9H2,1H3,(H,17,19). The van der Waals surface area contributed by atoms with Crippen LogP contribution in [0.3, 0.4) is 0 Å². The van der Waals surface area contributed by atoms with E-state index in [0.717, 1.165) is 29.9 Å². The van der Waals surface area contributed by atoms with Crippen LogP contribution < -0.4 is 5.32 Å². The number of aryl methyl sites for hydroxylation is 1. The smallest absolute Gasteiger partial charge is 0.262 e. The lowest BCUT2D eigenvalue weighted by Crippen LogP contribution is -2.42. The van der Waals surface area contributed by atoms with Gasteiger partial charge in [-0.05, 0) is 31.9 Å². The molecule has 3 amide bonds. The molecule has 0 saturated carbocycles. The van der Waals surface area contributed by atoms with Gasteiger partial charge in [0, 0.05) is 13.2 Å². The van der Waals surface area contributed by atoms with Crippen molar-refractivity contribution in [3.63, 3.8) is 0 Å². The van der Waals surface area contributed by atoms with E-state index in [2.05, 4.69) is 5.32 Å². The second-order valence-electron chi connectivity index (χ2n) is 5.68. The van der Waals surface area contributed by atoms with Crippen LogP contribution in [0.25, 0.3) is 0 Å². The Morgan fingerprint density at radius 2 is 2.09 bits per heavy atom. The van der Waals surface area contributed by atoms with Gasteiger partial charge in [0.25, 0.3) is 11.8 Å². The van der Waals surface area contributed by atoms with Gasteiger partial charge in [-0.2, -0.15) is 0 Å². The molecular formula is C16H18N2O4. The highest BCUT2D eigenvalue weighted by Crippen LogP contribution is 2.23. The van der Waals surface area contributed by atoms with Crippen LogP contribution in [0, 0.1) is 6.92 Å². The zero-order valence-corrected chi connectivity index (χ0v) is 12.4. The zero-order valence-electron chi connectivity index (χ0n) is 12.4. The Morgan fingerprint density at radius 1 is 1.32 bits per heavy atom. The number of hydrogen-bond acceptors (Lipinski definition) is 4. The molecule has 2 aliphatic rings. The fraction of sp³-hybridized carbons (Fsp3) is 0.438. The molecule has 0 bridgehead atoms. The maximum absolute atomic E-state index is 12.3. The number of amides is 3. The van der Waals surface area contributed by atoms with Crippen molar-refractivity contribution in [2.75, 3.05) is 19.7 Å². The lowest BCUT2D eigenvalue weighted by molar-refractivity contribution is -0.121. The van der Waals surface area contributed by atoms with Crippen molar-refractivity contribution in [2.45, 2.75) is 25.9 Å². The van der Waals surface area contributed by atoms with Gasteiger partial charge in [0.15, 0.2) is 0 Å². The third-order valence-electron chi connectivity index (χ3n) is 3.98. The molecule has 1 unspecified atom stereocenters. The predicted octanol–water partition coefficient (Wildman–Crippen LogP) is 0.886. The zero-order chi connectivity index (χ0) is 15.7. The first kappa shape index (κ1) is 14.7. The van der Waals surface area contributed by atoms with E-state index in [1.165, 1.54) is 0 Å². The van der Waals surface area contributed by atoms with Gasteiger partial charge in [0.1, 0.15) is 6.54 Å². The van der Waals surface area contributed by atoms with Gasteiger partial charge in [0.05, 0.1) is 17.2 Å². The summed E-state index contributed by atoms with van der Waals surface area (Å²) < 4.78 is 5.42. The Hall–Kier alpha value is -2.21. The number of carbonyl (C=O) groups excluding carboxylic acids is 3. The number of imide groups is 1. The molecule has 1 N–H and O–H groups in total. The molecule has 116 valence electrons. The number of nitrogens with zero attached hydrogens (tertiary/aromatic N) is 1. The maximum atomic E-state index is 12.3. The van der Waals surface area contributed by atoms with Crippen LogP contribution in [0.1, 0.15) is 39.1 Å². The molecule has 1 aromatic rings. The van der Waals surface area contributed by atoms with Crippen molar-refractivity contribution < 1.29 is 19.1 Å². The van der Waals surface area contributed by atoms with Gasteiger partial charge >= 0.3 is 0 Å². The quantitative estimate of drug-likeness (QED) is 0.838. The lowest BCUT2D eigenvalue weighted by Gasteiger charge is -2.15. The molecule has 1 aromatic carbocycles. The van der Waals surface area contributed by atoms with Gasteiger partial charge in [0.2, 0.25) is 5.91 Å². The normalized spacial score (nSPS) is 20.4. The van der Waals surface area contributed by atoms with Gasteiger partial charge in [-0.25, -0.2) is 0 Å². The minimum atomic E-state index is -0.410. The van der Waals surface area contributed by atoms with Crippen LogP contribution in [0.4, 0.5) is 0 Å². The van der Waals surface area contributed by atoms with E-state index in [0.29, 0.717) is 17.7 Å². The average molecular weight is 302 g/mol. The Balaban J connectivity index is 1.62. The number of hydrogen-bond donors (Lipinski definition) is 1. The predicted molar refractivity (Wildman–Crippen MR) is 78.5 cm³/mol. The Morgan fingerprint density at radius 3 is 2.82 bits per heavy atom. The molecule has 0 aromatic heterocycles. The summed E-state index contributed by atoms with van der Waals surface area (Å²) in [5.74, 6) is -1.16. The number of nitrogens with one attached hydrogen (secondary N) is 1. The molecule has 0 radical (unpaired) electrons. The number of ether oxygens (including phenoxy) is 1. The van der Waals surface area contributed by atoms with Crippen molar-refractivity contribution in [1.29, 1.82) is 0 Å². The van der Waals surface area contributed by atoms with Crippen LogP contribution in [0.2, 0.25) is 0 Å². The molecule has 2 aliphatic heterocycles. The van der Waals surface area contributed by atoms with Crippen LogP contribution >= 0.6 is 0 Å². The summed E-state index contributed by atoms with van der Waals surface area (Å²) in [6.45, 7) is 2.74. The molecule has 6 nitrogen and oxygen atoms in total. The number of rotatable bonds is 4. The molecule has 1 saturated heterocycles. The minimum absolute atomic E-state index is 0.0359. The Kier molecular flexibility index (Phi) is 3.94. The fourth-order valence-corrected chi connectivity index (χ4v) is 2.78. The van der Waals surface area contributed by atoms with Gasteiger partial charge in [-0.15, -0.1) is 0 Å². The monoisotopic (exact) mass is 302 g/mol. The summed E-state index contributed by atoms with van der Waals surface area (Å²) in [4.78, 5) is 37.4. The van der Waals surface area contributed by atoms with Crippen molar-refractivity contribution in [1.82, 2.24) is 10.2 Å². The first-order valence-corrected chi connectivity index (χ1v) is 7.41. The SMILES string of the molecule is Cc1ccc2c(c1)C(=O)N(CC(=O)NCC1CCCO1)C2=O. The number of benzene rings is 1. The van der Waals surface area contributed by atoms with Gasteiger partial charge < -0.3 is 10.1 Å². The lowest BCUT2D eigenvalue weighted by atomic mass is 10.1. The van der Waals surface area contributed by atoms with E-state index in [9.17, 15) is 14.4 Å². The van der Waals surface area contributed by atoms with Crippen molar-refractivity contribution in [2.24, 2.45) is 0 Å². The van der Waals surface area contributed by atoms with Crippen LogP contribution in [0.15, 0.2) is 18.2 Å². The molecular weight excluding hydrogens is 284 g/mol. The molecule has 22 heavy (non-hydrogen) atoms. The molecule has 2 heterocycles. The fourth-order valence-electron chi connectivity index (χ4n) is 2.78. The van der Waals surface area contributed by atoms with Crippen LogP contribution in [0.5, 0.6) is 0 Å². The molecule has 0 spiro atoms. The molecule has 3 rings (SSSR count). The second kappa shape index (κ2) is 5.88. The topological polar surface area (TPSA) is 75.7 Å². The van der Waals surface area contributed by atoms with E-state index in [-0.39, 0.29) is 18.6 Å². The highest BCUT2D eigenvalue weighted by molar-refractivity contribution is 6.22. The van der Waals surface area contributed by atoms with Crippen LogP contribution in [-0.4, -0.2) is 48.4 Å². The van der Waals surface area contributed by atoms with Gasteiger partial charge in [-0.1, -0.05) is 11.6 Å². The summed E-state index contributed by atoms with van der Waals surface area (Å²) in [5, 5.41) is 2.72. The second-order valence-corrected chi connectivity index (χ2v) is 5.68. The third kappa shape index (κ3) is 2.74. The molecule has 6 heteroatoms. The van der Waals surface area contributed by atoms with E-state index in [4.69, 9.17) is 4.74 Å². The number of carbonyl (C=O) groups is 3. The molecule has 0 aliphatic carbocycles. The molecule has 1 fully saturated rings. The summed E-state index contributed by atoms with van der Waals surface area (Å²) >= 11 is 0. The first-order chi connectivity index (χ1) is 10.6. The summed E-state index contributed by atoms with van der Waals surface area (Å²) in [6.07, 6.45) is 1.96. The van der Waals surface area contributed by atoms with Crippen molar-refractivity contribution in [3.05, 3.63) is 34.9 Å². The highest BCUT2D eigenvalue weighted by Gasteiger charge is 2.36. The maximum Gasteiger partial charge on any atom is 0.262 e. The van der Waals surface area contributed by atoms with Gasteiger partial charge in [-0.3, -0.25) is 19.3 Å². The summed E-state index contributed by atoms with van der Waals surface area (Å²) in [6, 6.07) is 5.10. The Labute approximate surface area is 128 Å². The minimum Gasteiger partial charge on any atom is -0.376 e. The Bertz CT molecular complexity index is 635. The van der Waals surface area contributed by atoms with E-state index < -0.39 is 11.8 Å².